The molecular weight excluding hydrogens is 272 g/mol. The fourth-order valence-corrected chi connectivity index (χ4v) is 3.81. The number of fused-ring (bicyclic) bond motifs is 1. The number of sulfonamides is 1. The highest BCUT2D eigenvalue weighted by molar-refractivity contribution is 7.89. The number of benzene rings is 1. The van der Waals surface area contributed by atoms with Gasteiger partial charge in [0, 0.05) is 25.3 Å². The van der Waals surface area contributed by atoms with E-state index in [1.807, 2.05) is 25.1 Å². The number of nitrogens with one attached hydrogen (secondary N) is 1. The van der Waals surface area contributed by atoms with E-state index in [-0.39, 0.29) is 0 Å². The second kappa shape index (κ2) is 6.41. The van der Waals surface area contributed by atoms with Crippen LogP contribution >= 0.6 is 0 Å². The van der Waals surface area contributed by atoms with Gasteiger partial charge in [-0.25, -0.2) is 8.42 Å². The molecule has 0 unspecified atom stereocenters. The van der Waals surface area contributed by atoms with Gasteiger partial charge in [0.2, 0.25) is 10.0 Å². The first kappa shape index (κ1) is 15.1. The lowest BCUT2D eigenvalue weighted by Gasteiger charge is -2.21. The van der Waals surface area contributed by atoms with Crippen LogP contribution in [0.5, 0.6) is 0 Å². The van der Waals surface area contributed by atoms with E-state index in [0.717, 1.165) is 30.6 Å². The zero-order chi connectivity index (χ0) is 14.6. The van der Waals surface area contributed by atoms with Gasteiger partial charge < -0.3 is 5.32 Å². The summed E-state index contributed by atoms with van der Waals surface area (Å²) in [6, 6.07) is 5.29. The first-order chi connectivity index (χ1) is 9.59. The van der Waals surface area contributed by atoms with Crippen LogP contribution in [0.1, 0.15) is 32.3 Å². The summed E-state index contributed by atoms with van der Waals surface area (Å²) in [6.45, 7) is 5.83. The van der Waals surface area contributed by atoms with Crippen molar-refractivity contribution in [2.75, 3.05) is 25.0 Å². The van der Waals surface area contributed by atoms with E-state index in [1.165, 1.54) is 0 Å². The summed E-state index contributed by atoms with van der Waals surface area (Å²) < 4.78 is 26.8. The number of nitrogens with zero attached hydrogens (tertiary/aromatic N) is 1. The van der Waals surface area contributed by atoms with E-state index in [2.05, 4.69) is 12.2 Å². The van der Waals surface area contributed by atoms with Gasteiger partial charge in [0.1, 0.15) is 0 Å². The van der Waals surface area contributed by atoms with Crippen molar-refractivity contribution < 1.29 is 8.42 Å². The smallest absolute Gasteiger partial charge is 0.243 e. The maximum atomic E-state index is 12.6. The van der Waals surface area contributed by atoms with Gasteiger partial charge >= 0.3 is 0 Å². The normalized spacial score (nSPS) is 14.2. The monoisotopic (exact) mass is 294 g/mol. The SMILES string of the molecule is CCCCN(CC)S(=O)(=O)c1ccc2c(c1)C=CCN2. The number of unbranched alkanes of at least 4 members (excludes halogenated alkanes) is 1. The average Bonchev–Trinajstić information content (AvgIpc) is 2.47. The van der Waals surface area contributed by atoms with E-state index in [9.17, 15) is 8.42 Å². The molecule has 0 spiro atoms. The van der Waals surface area contributed by atoms with Crippen molar-refractivity contribution in [1.29, 1.82) is 0 Å². The third-order valence-corrected chi connectivity index (χ3v) is 5.45. The molecule has 110 valence electrons. The van der Waals surface area contributed by atoms with Crippen LogP contribution in [0.2, 0.25) is 0 Å². The van der Waals surface area contributed by atoms with Gasteiger partial charge in [-0.2, -0.15) is 4.31 Å². The third-order valence-electron chi connectivity index (χ3n) is 3.48. The maximum Gasteiger partial charge on any atom is 0.243 e. The molecule has 0 amide bonds. The van der Waals surface area contributed by atoms with Gasteiger partial charge in [-0.15, -0.1) is 0 Å². The molecule has 0 aromatic heterocycles. The Morgan fingerprint density at radius 1 is 1.30 bits per heavy atom. The van der Waals surface area contributed by atoms with Crippen LogP contribution in [0.25, 0.3) is 6.08 Å². The standard InChI is InChI=1S/C15H22N2O2S/c1-3-5-11-17(4-2)20(18,19)14-8-9-15-13(12-14)7-6-10-16-15/h6-9,12,16H,3-5,10-11H2,1-2H3. The lowest BCUT2D eigenvalue weighted by molar-refractivity contribution is 0.419. The zero-order valence-corrected chi connectivity index (χ0v) is 12.9. The zero-order valence-electron chi connectivity index (χ0n) is 12.1. The second-order valence-corrected chi connectivity index (χ2v) is 6.82. The summed E-state index contributed by atoms with van der Waals surface area (Å²) in [6.07, 6.45) is 5.84. The largest absolute Gasteiger partial charge is 0.381 e. The van der Waals surface area contributed by atoms with Crippen LogP contribution in [-0.2, 0) is 10.0 Å². The van der Waals surface area contributed by atoms with E-state index < -0.39 is 10.0 Å². The molecule has 1 aliphatic heterocycles. The maximum absolute atomic E-state index is 12.6. The van der Waals surface area contributed by atoms with Gasteiger partial charge in [0.15, 0.2) is 0 Å². The lowest BCUT2D eigenvalue weighted by atomic mass is 10.1. The van der Waals surface area contributed by atoms with Gasteiger partial charge in [0.05, 0.1) is 4.90 Å². The molecule has 0 saturated carbocycles. The van der Waals surface area contributed by atoms with Crippen molar-refractivity contribution >= 4 is 21.8 Å². The molecule has 0 aliphatic carbocycles. The molecule has 4 nitrogen and oxygen atoms in total. The Balaban J connectivity index is 2.31. The molecule has 0 radical (unpaired) electrons. The van der Waals surface area contributed by atoms with E-state index >= 15 is 0 Å². The van der Waals surface area contributed by atoms with Crippen molar-refractivity contribution in [2.24, 2.45) is 0 Å². The van der Waals surface area contributed by atoms with E-state index in [1.54, 1.807) is 16.4 Å². The molecule has 0 atom stereocenters. The number of anilines is 1. The highest BCUT2D eigenvalue weighted by Crippen LogP contribution is 2.26. The van der Waals surface area contributed by atoms with Gasteiger partial charge in [-0.3, -0.25) is 0 Å². The summed E-state index contributed by atoms with van der Waals surface area (Å²) in [7, 11) is -3.39. The quantitative estimate of drug-likeness (QED) is 0.877. The van der Waals surface area contributed by atoms with Crippen molar-refractivity contribution in [2.45, 2.75) is 31.6 Å². The minimum Gasteiger partial charge on any atom is -0.381 e. The summed E-state index contributed by atoms with van der Waals surface area (Å²) >= 11 is 0. The molecule has 1 aliphatic rings. The molecule has 1 aromatic carbocycles. The fourth-order valence-electron chi connectivity index (χ4n) is 2.29. The molecule has 5 heteroatoms. The van der Waals surface area contributed by atoms with Crippen LogP contribution in [-0.4, -0.2) is 32.4 Å². The number of hydrogen-bond donors (Lipinski definition) is 1. The molecule has 20 heavy (non-hydrogen) atoms. The van der Waals surface area contributed by atoms with Crippen LogP contribution < -0.4 is 5.32 Å². The predicted molar refractivity (Wildman–Crippen MR) is 83.3 cm³/mol. The second-order valence-electron chi connectivity index (χ2n) is 4.88. The van der Waals surface area contributed by atoms with Gasteiger partial charge in [-0.1, -0.05) is 32.4 Å². The Hall–Kier alpha value is -1.33. The summed E-state index contributed by atoms with van der Waals surface area (Å²) in [5.74, 6) is 0. The predicted octanol–water partition coefficient (Wildman–Crippen LogP) is 2.94. The molecule has 2 rings (SSSR count). The first-order valence-electron chi connectivity index (χ1n) is 7.14. The van der Waals surface area contributed by atoms with Crippen LogP contribution in [0.3, 0.4) is 0 Å². The van der Waals surface area contributed by atoms with Gasteiger partial charge in [-0.05, 0) is 30.2 Å². The Bertz CT molecular complexity index is 594. The summed E-state index contributed by atoms with van der Waals surface area (Å²) in [5.41, 5.74) is 1.92. The first-order valence-corrected chi connectivity index (χ1v) is 8.58. The van der Waals surface area contributed by atoms with Crippen LogP contribution in [0, 0.1) is 0 Å². The Morgan fingerprint density at radius 3 is 2.80 bits per heavy atom. The van der Waals surface area contributed by atoms with Crippen molar-refractivity contribution in [1.82, 2.24) is 4.31 Å². The molecule has 0 saturated heterocycles. The third kappa shape index (κ3) is 3.04. The molecule has 0 bridgehead atoms. The van der Waals surface area contributed by atoms with Crippen molar-refractivity contribution in [3.05, 3.63) is 29.8 Å². The summed E-state index contributed by atoms with van der Waals surface area (Å²) in [5, 5.41) is 3.22. The highest BCUT2D eigenvalue weighted by atomic mass is 32.2. The van der Waals surface area contributed by atoms with Gasteiger partial charge in [0.25, 0.3) is 0 Å². The van der Waals surface area contributed by atoms with Crippen LogP contribution in [0.15, 0.2) is 29.2 Å². The topological polar surface area (TPSA) is 49.4 Å². The molecule has 1 N–H and O–H groups in total. The number of hydrogen-bond acceptors (Lipinski definition) is 3. The van der Waals surface area contributed by atoms with Crippen LogP contribution in [0.4, 0.5) is 5.69 Å². The summed E-state index contributed by atoms with van der Waals surface area (Å²) in [4.78, 5) is 0.377. The molecule has 1 aromatic rings. The van der Waals surface area contributed by atoms with E-state index in [0.29, 0.717) is 18.0 Å². The minimum absolute atomic E-state index is 0.377. The Labute approximate surface area is 121 Å². The fraction of sp³-hybridized carbons (Fsp3) is 0.467. The molecule has 0 fully saturated rings. The highest BCUT2D eigenvalue weighted by Gasteiger charge is 2.23. The van der Waals surface area contributed by atoms with Crippen molar-refractivity contribution in [3.63, 3.8) is 0 Å². The Kier molecular flexibility index (Phi) is 4.83. The van der Waals surface area contributed by atoms with E-state index in [4.69, 9.17) is 0 Å². The molecule has 1 heterocycles. The van der Waals surface area contributed by atoms with Crippen molar-refractivity contribution in [3.8, 4) is 0 Å². The lowest BCUT2D eigenvalue weighted by Crippen LogP contribution is -2.31. The number of rotatable bonds is 6. The minimum atomic E-state index is -3.39. The molecular formula is C15H22N2O2S. The Morgan fingerprint density at radius 2 is 2.10 bits per heavy atom. The average molecular weight is 294 g/mol.